The number of hydrogen-bond acceptors (Lipinski definition) is 6. The van der Waals surface area contributed by atoms with E-state index in [9.17, 15) is 0 Å². The van der Waals surface area contributed by atoms with Crippen LogP contribution in [0.25, 0.3) is 0 Å². The zero-order valence-corrected chi connectivity index (χ0v) is 9.53. The minimum absolute atomic E-state index is 0.161. The van der Waals surface area contributed by atoms with Crippen molar-refractivity contribution in [2.24, 2.45) is 0 Å². The van der Waals surface area contributed by atoms with Gasteiger partial charge in [-0.3, -0.25) is 0 Å². The highest BCUT2D eigenvalue weighted by molar-refractivity contribution is 5.50. The molecular formula is C10H19N5O. The summed E-state index contributed by atoms with van der Waals surface area (Å²) >= 11 is 0. The van der Waals surface area contributed by atoms with Crippen molar-refractivity contribution in [3.05, 3.63) is 6.07 Å². The molecule has 0 bridgehead atoms. The number of nitrogens with two attached hydrogens (primary N) is 1. The number of rotatable bonds is 7. The fraction of sp³-hybridized carbons (Fsp3) is 0.600. The van der Waals surface area contributed by atoms with Crippen LogP contribution in [0, 0.1) is 0 Å². The van der Waals surface area contributed by atoms with Crippen LogP contribution >= 0.6 is 0 Å². The number of aliphatic hydroxyl groups is 1. The Balaban J connectivity index is 2.58. The molecule has 0 aliphatic heterocycles. The van der Waals surface area contributed by atoms with E-state index in [0.29, 0.717) is 18.8 Å². The summed E-state index contributed by atoms with van der Waals surface area (Å²) in [6, 6.07) is 1.81. The molecule has 1 heterocycles. The number of aliphatic hydroxyl groups excluding tert-OH is 1. The quantitative estimate of drug-likeness (QED) is 0.509. The van der Waals surface area contributed by atoms with Gasteiger partial charge in [-0.05, 0) is 12.8 Å². The van der Waals surface area contributed by atoms with Crippen LogP contribution in [-0.4, -0.2) is 34.8 Å². The molecule has 5 N–H and O–H groups in total. The highest BCUT2D eigenvalue weighted by atomic mass is 16.3. The predicted octanol–water partition coefficient (Wildman–Crippen LogP) is 0.675. The topological polar surface area (TPSA) is 96.1 Å². The normalized spacial score (nSPS) is 10.1. The summed E-state index contributed by atoms with van der Waals surface area (Å²) in [5.74, 6) is 1.65. The zero-order chi connectivity index (χ0) is 11.8. The van der Waals surface area contributed by atoms with Gasteiger partial charge in [0.25, 0.3) is 0 Å². The first-order chi connectivity index (χ1) is 7.76. The number of nitrogen functional groups attached to an aromatic ring is 1. The molecule has 1 rings (SSSR count). The Labute approximate surface area is 95.3 Å². The average molecular weight is 225 g/mol. The van der Waals surface area contributed by atoms with Crippen molar-refractivity contribution in [2.45, 2.75) is 19.8 Å². The zero-order valence-electron chi connectivity index (χ0n) is 9.53. The Hall–Kier alpha value is -1.56. The highest BCUT2D eigenvalue weighted by Gasteiger charge is 2.00. The van der Waals surface area contributed by atoms with Gasteiger partial charge in [0, 0.05) is 25.8 Å². The van der Waals surface area contributed by atoms with Gasteiger partial charge in [-0.2, -0.15) is 9.97 Å². The summed E-state index contributed by atoms with van der Waals surface area (Å²) in [4.78, 5) is 8.11. The fourth-order valence-electron chi connectivity index (χ4n) is 1.20. The first kappa shape index (κ1) is 12.5. The lowest BCUT2D eigenvalue weighted by Gasteiger charge is -2.08. The van der Waals surface area contributed by atoms with E-state index in [0.717, 1.165) is 18.8 Å². The van der Waals surface area contributed by atoms with Crippen molar-refractivity contribution in [3.8, 4) is 0 Å². The summed E-state index contributed by atoms with van der Waals surface area (Å²) in [5, 5.41) is 14.9. The van der Waals surface area contributed by atoms with Crippen molar-refractivity contribution >= 4 is 17.6 Å². The van der Waals surface area contributed by atoms with Gasteiger partial charge in [-0.25, -0.2) is 0 Å². The molecule has 1 aromatic heterocycles. The summed E-state index contributed by atoms with van der Waals surface area (Å²) in [7, 11) is 0. The highest BCUT2D eigenvalue weighted by Crippen LogP contribution is 2.12. The number of anilines is 3. The predicted molar refractivity (Wildman–Crippen MR) is 65.4 cm³/mol. The molecule has 0 fully saturated rings. The molecule has 90 valence electrons. The van der Waals surface area contributed by atoms with Crippen molar-refractivity contribution in [3.63, 3.8) is 0 Å². The van der Waals surface area contributed by atoms with Gasteiger partial charge >= 0.3 is 0 Å². The van der Waals surface area contributed by atoms with Crippen LogP contribution in [0.2, 0.25) is 0 Å². The average Bonchev–Trinajstić information content (AvgIpc) is 2.26. The third-order valence-corrected chi connectivity index (χ3v) is 1.94. The van der Waals surface area contributed by atoms with Gasteiger partial charge in [0.2, 0.25) is 5.95 Å². The number of nitrogens with one attached hydrogen (secondary N) is 2. The summed E-state index contributed by atoms with van der Waals surface area (Å²) < 4.78 is 0. The summed E-state index contributed by atoms with van der Waals surface area (Å²) in [5.41, 5.74) is 5.58. The van der Waals surface area contributed by atoms with E-state index in [1.807, 2.05) is 6.07 Å². The van der Waals surface area contributed by atoms with Gasteiger partial charge in [0.1, 0.15) is 11.6 Å². The first-order valence-electron chi connectivity index (χ1n) is 5.49. The maximum atomic E-state index is 8.66. The van der Waals surface area contributed by atoms with E-state index in [1.54, 1.807) is 0 Å². The molecule has 1 aromatic rings. The van der Waals surface area contributed by atoms with Crippen LogP contribution in [0.5, 0.6) is 0 Å². The molecule has 0 amide bonds. The molecular weight excluding hydrogens is 206 g/mol. The maximum Gasteiger partial charge on any atom is 0.223 e. The maximum absolute atomic E-state index is 8.66. The lowest BCUT2D eigenvalue weighted by atomic mass is 10.4. The van der Waals surface area contributed by atoms with Gasteiger partial charge in [-0.1, -0.05) is 6.92 Å². The monoisotopic (exact) mass is 225 g/mol. The standard InChI is InChI=1S/C10H19N5O/c1-2-4-12-8-7-9(13-5-3-6-16)15-10(11)14-8/h7,16H,2-6H2,1H3,(H4,11,12,13,14,15). The van der Waals surface area contributed by atoms with E-state index in [2.05, 4.69) is 27.5 Å². The Kier molecular flexibility index (Phi) is 5.35. The van der Waals surface area contributed by atoms with Crippen molar-refractivity contribution in [1.82, 2.24) is 9.97 Å². The lowest BCUT2D eigenvalue weighted by molar-refractivity contribution is 0.292. The Morgan fingerprint density at radius 1 is 1.25 bits per heavy atom. The molecule has 0 unspecified atom stereocenters. The molecule has 0 aromatic carbocycles. The van der Waals surface area contributed by atoms with Crippen LogP contribution in [0.4, 0.5) is 17.6 Å². The molecule has 6 nitrogen and oxygen atoms in total. The van der Waals surface area contributed by atoms with Crippen LogP contribution < -0.4 is 16.4 Å². The second-order valence-electron chi connectivity index (χ2n) is 3.43. The van der Waals surface area contributed by atoms with Gasteiger partial charge in [0.05, 0.1) is 0 Å². The van der Waals surface area contributed by atoms with Crippen LogP contribution in [0.15, 0.2) is 6.07 Å². The van der Waals surface area contributed by atoms with Gasteiger partial charge in [-0.15, -0.1) is 0 Å². The van der Waals surface area contributed by atoms with E-state index in [4.69, 9.17) is 10.8 Å². The molecule has 0 atom stereocenters. The third kappa shape index (κ3) is 4.31. The third-order valence-electron chi connectivity index (χ3n) is 1.94. The Bertz CT molecular complexity index is 318. The first-order valence-corrected chi connectivity index (χ1v) is 5.49. The molecule has 0 spiro atoms. The van der Waals surface area contributed by atoms with Crippen molar-refractivity contribution in [1.29, 1.82) is 0 Å². The molecule has 0 saturated carbocycles. The van der Waals surface area contributed by atoms with E-state index in [1.165, 1.54) is 0 Å². The second kappa shape index (κ2) is 6.84. The van der Waals surface area contributed by atoms with Gasteiger partial charge in [0.15, 0.2) is 0 Å². The molecule has 6 heteroatoms. The van der Waals surface area contributed by atoms with Crippen LogP contribution in [0.1, 0.15) is 19.8 Å². The molecule has 0 saturated heterocycles. The SMILES string of the molecule is CCCNc1cc(NCCCO)nc(N)n1. The van der Waals surface area contributed by atoms with E-state index in [-0.39, 0.29) is 12.6 Å². The summed E-state index contributed by atoms with van der Waals surface area (Å²) in [6.45, 7) is 3.76. The smallest absolute Gasteiger partial charge is 0.223 e. The van der Waals surface area contributed by atoms with Crippen LogP contribution in [0.3, 0.4) is 0 Å². The number of nitrogens with zero attached hydrogens (tertiary/aromatic N) is 2. The molecule has 0 aliphatic rings. The Morgan fingerprint density at radius 2 is 1.88 bits per heavy atom. The largest absolute Gasteiger partial charge is 0.396 e. The second-order valence-corrected chi connectivity index (χ2v) is 3.43. The van der Waals surface area contributed by atoms with E-state index < -0.39 is 0 Å². The fourth-order valence-corrected chi connectivity index (χ4v) is 1.20. The number of aromatic nitrogens is 2. The molecule has 0 radical (unpaired) electrons. The van der Waals surface area contributed by atoms with Crippen molar-refractivity contribution in [2.75, 3.05) is 36.1 Å². The Morgan fingerprint density at radius 3 is 2.44 bits per heavy atom. The lowest BCUT2D eigenvalue weighted by Crippen LogP contribution is -2.09. The van der Waals surface area contributed by atoms with E-state index >= 15 is 0 Å². The van der Waals surface area contributed by atoms with Gasteiger partial charge < -0.3 is 21.5 Å². The van der Waals surface area contributed by atoms with Crippen LogP contribution in [-0.2, 0) is 0 Å². The minimum Gasteiger partial charge on any atom is -0.396 e. The minimum atomic E-state index is 0.161. The number of hydrogen-bond donors (Lipinski definition) is 4. The summed E-state index contributed by atoms with van der Waals surface area (Å²) in [6.07, 6.45) is 1.71. The van der Waals surface area contributed by atoms with Crippen molar-refractivity contribution < 1.29 is 5.11 Å². The molecule has 16 heavy (non-hydrogen) atoms. The molecule has 0 aliphatic carbocycles.